The van der Waals surface area contributed by atoms with Crippen molar-refractivity contribution in [3.05, 3.63) is 0 Å². The van der Waals surface area contributed by atoms with Gasteiger partial charge in [0.25, 0.3) is 0 Å². The fourth-order valence-electron chi connectivity index (χ4n) is 1.61. The Balaban J connectivity index is 5.22. The van der Waals surface area contributed by atoms with Crippen LogP contribution in [0.15, 0.2) is 0 Å². The minimum absolute atomic E-state index is 0.0225. The van der Waals surface area contributed by atoms with Crippen LogP contribution in [0.3, 0.4) is 0 Å². The van der Waals surface area contributed by atoms with Crippen molar-refractivity contribution in [2.45, 2.75) is 101 Å². The van der Waals surface area contributed by atoms with Crippen LogP contribution in [0.2, 0.25) is 47.4 Å². The number of hydrogen-bond donors (Lipinski definition) is 1. The predicted octanol–water partition coefficient (Wildman–Crippen LogP) is 5.06. The molecule has 0 saturated heterocycles. The van der Waals surface area contributed by atoms with Crippen molar-refractivity contribution >= 4 is 37.5 Å². The zero-order chi connectivity index (χ0) is 18.7. The quantitative estimate of drug-likeness (QED) is 0.581. The van der Waals surface area contributed by atoms with E-state index in [2.05, 4.69) is 78.5 Å². The molecule has 0 radical (unpaired) electrons. The Hall–Kier alpha value is 0.383. The summed E-state index contributed by atoms with van der Waals surface area (Å²) in [5, 5.41) is 1.38. The molecule has 0 spiro atoms. The predicted molar refractivity (Wildman–Crippen MR) is 108 cm³/mol. The summed E-state index contributed by atoms with van der Waals surface area (Å²) < 4.78 is 6.09. The summed E-state index contributed by atoms with van der Waals surface area (Å²) in [5.41, 5.74) is 0. The molecule has 0 aliphatic heterocycles. The molecule has 0 aliphatic carbocycles. The van der Waals surface area contributed by atoms with E-state index in [-0.39, 0.29) is 22.1 Å². The van der Waals surface area contributed by atoms with E-state index in [1.165, 1.54) is 0 Å². The molecule has 0 fully saturated rings. The molecule has 0 rings (SSSR count). The van der Waals surface area contributed by atoms with Crippen molar-refractivity contribution in [1.29, 1.82) is 0 Å². The second-order valence-corrected chi connectivity index (χ2v) is 21.4. The molecule has 0 amide bonds. The monoisotopic (exact) mass is 425 g/mol. The number of nitrogens with one attached hydrogen (secondary N) is 1. The molecule has 1 atom stereocenters. The fourth-order valence-corrected chi connectivity index (χ4v) is 5.12. The Morgan fingerprint density at radius 2 is 1.52 bits per heavy atom. The summed E-state index contributed by atoms with van der Waals surface area (Å²) in [4.78, 5) is 16.6. The second kappa shape index (κ2) is 8.17. The van der Waals surface area contributed by atoms with Crippen molar-refractivity contribution in [3.63, 3.8) is 0 Å². The molecule has 1 N–H and O–H groups in total. The molecular formula is C17H39NO2SeSi2. The number of rotatable bonds is 7. The Bertz CT molecular complexity index is 398. The first-order valence-corrected chi connectivity index (χ1v) is 17.4. The van der Waals surface area contributed by atoms with Crippen molar-refractivity contribution in [2.75, 3.05) is 0 Å². The van der Waals surface area contributed by atoms with Crippen molar-refractivity contribution in [1.82, 2.24) is 4.98 Å². The third-order valence-electron chi connectivity index (χ3n) is 5.47. The first-order chi connectivity index (χ1) is 10.0. The van der Waals surface area contributed by atoms with E-state index < -0.39 is 16.6 Å². The van der Waals surface area contributed by atoms with E-state index in [1.807, 2.05) is 0 Å². The third-order valence-corrected chi connectivity index (χ3v) is 16.0. The molecule has 0 aliphatic rings. The summed E-state index contributed by atoms with van der Waals surface area (Å²) in [7, 11) is -3.79. The van der Waals surface area contributed by atoms with Crippen molar-refractivity contribution in [2.24, 2.45) is 0 Å². The van der Waals surface area contributed by atoms with Gasteiger partial charge in [-0.3, -0.25) is 0 Å². The minimum atomic E-state index is -2.06. The van der Waals surface area contributed by atoms with Gasteiger partial charge in [0.1, 0.15) is 0 Å². The molecule has 1 unspecified atom stereocenters. The number of carbonyl (C=O) groups excluding carboxylic acids is 1. The van der Waals surface area contributed by atoms with Gasteiger partial charge in [0, 0.05) is 0 Å². The van der Waals surface area contributed by atoms with E-state index in [4.69, 9.17) is 4.43 Å². The van der Waals surface area contributed by atoms with Crippen molar-refractivity contribution < 1.29 is 9.22 Å². The van der Waals surface area contributed by atoms with Crippen molar-refractivity contribution in [3.8, 4) is 0 Å². The molecule has 0 heterocycles. The Kier molecular flexibility index (Phi) is 8.31. The van der Waals surface area contributed by atoms with E-state index in [0.717, 1.165) is 11.7 Å². The van der Waals surface area contributed by atoms with Gasteiger partial charge in [-0.15, -0.1) is 0 Å². The molecular weight excluding hydrogens is 385 g/mol. The zero-order valence-electron chi connectivity index (χ0n) is 17.2. The summed E-state index contributed by atoms with van der Waals surface area (Å²) in [5.74, 6) is 2.21. The summed E-state index contributed by atoms with van der Waals surface area (Å²) >= 11 is 0.588. The zero-order valence-corrected chi connectivity index (χ0v) is 20.9. The fraction of sp³-hybridized carbons (Fsp3) is 0.941. The SMILES string of the molecule is C[Se]CCC(N[Si](C)(C)C(C)(C)C)C(=O)O[Si](C)(C)C(C)(C)C. The van der Waals surface area contributed by atoms with Crippen LogP contribution in [-0.4, -0.2) is 43.5 Å². The van der Waals surface area contributed by atoms with Crippen LogP contribution < -0.4 is 4.98 Å². The second-order valence-electron chi connectivity index (χ2n) is 9.53. The topological polar surface area (TPSA) is 38.3 Å². The van der Waals surface area contributed by atoms with Gasteiger partial charge in [-0.05, 0) is 0 Å². The van der Waals surface area contributed by atoms with Crippen LogP contribution in [0.5, 0.6) is 0 Å². The van der Waals surface area contributed by atoms with Crippen LogP contribution in [0.4, 0.5) is 0 Å². The standard InChI is InChI=1S/C17H39NO2SeSi2/c1-16(2,3)22(8,9)18-14(12-13-21-7)15(19)20-23(10,11)17(4,5)6/h14,18H,12-13H2,1-11H3. The van der Waals surface area contributed by atoms with E-state index >= 15 is 0 Å². The molecule has 0 aromatic heterocycles. The van der Waals surface area contributed by atoms with Crippen LogP contribution >= 0.6 is 0 Å². The third kappa shape index (κ3) is 7.03. The van der Waals surface area contributed by atoms with E-state index in [1.54, 1.807) is 0 Å². The Labute approximate surface area is 153 Å². The van der Waals surface area contributed by atoms with Gasteiger partial charge in [0.2, 0.25) is 0 Å². The van der Waals surface area contributed by atoms with E-state index in [9.17, 15) is 4.79 Å². The number of hydrogen-bond acceptors (Lipinski definition) is 3. The molecule has 0 aromatic carbocycles. The molecule has 138 valence electrons. The van der Waals surface area contributed by atoms with Gasteiger partial charge in [-0.2, -0.15) is 0 Å². The molecule has 3 nitrogen and oxygen atoms in total. The average molecular weight is 425 g/mol. The van der Waals surface area contributed by atoms with Crippen LogP contribution in [0, 0.1) is 0 Å². The van der Waals surface area contributed by atoms with Crippen LogP contribution in [0.25, 0.3) is 0 Å². The van der Waals surface area contributed by atoms with Gasteiger partial charge in [0.15, 0.2) is 0 Å². The van der Waals surface area contributed by atoms with Gasteiger partial charge in [-0.25, -0.2) is 0 Å². The molecule has 6 heteroatoms. The Morgan fingerprint density at radius 3 is 1.87 bits per heavy atom. The molecule has 0 aromatic rings. The normalized spacial score (nSPS) is 15.4. The summed E-state index contributed by atoms with van der Waals surface area (Å²) in [6.45, 7) is 22.3. The molecule has 0 bridgehead atoms. The average Bonchev–Trinajstić information content (AvgIpc) is 2.30. The molecule has 0 saturated carbocycles. The maximum absolute atomic E-state index is 12.9. The van der Waals surface area contributed by atoms with Gasteiger partial charge >= 0.3 is 153 Å². The first-order valence-electron chi connectivity index (χ1n) is 8.54. The summed E-state index contributed by atoms with van der Waals surface area (Å²) in [6.07, 6.45) is 0.899. The molecule has 23 heavy (non-hydrogen) atoms. The first kappa shape index (κ1) is 23.4. The van der Waals surface area contributed by atoms with Crippen LogP contribution in [0.1, 0.15) is 48.0 Å². The van der Waals surface area contributed by atoms with E-state index in [0.29, 0.717) is 15.0 Å². The van der Waals surface area contributed by atoms with Gasteiger partial charge in [-0.1, -0.05) is 0 Å². The van der Waals surface area contributed by atoms with Gasteiger partial charge < -0.3 is 0 Å². The Morgan fingerprint density at radius 1 is 1.04 bits per heavy atom. The summed E-state index contributed by atoms with van der Waals surface area (Å²) in [6, 6.07) is -0.146. The van der Waals surface area contributed by atoms with Gasteiger partial charge in [0.05, 0.1) is 0 Å². The van der Waals surface area contributed by atoms with Crippen LogP contribution in [-0.2, 0) is 9.22 Å². The maximum atomic E-state index is 12.9. The number of carbonyl (C=O) groups is 1.